The minimum atomic E-state index is -1.78. The van der Waals surface area contributed by atoms with Crippen molar-refractivity contribution in [1.29, 1.82) is 5.26 Å². The molecule has 19 heavy (non-hydrogen) atoms. The zero-order chi connectivity index (χ0) is 14.6. The summed E-state index contributed by atoms with van der Waals surface area (Å²) in [4.78, 5) is 25.9. The first-order valence-electron chi connectivity index (χ1n) is 5.25. The van der Waals surface area contributed by atoms with Gasteiger partial charge < -0.3 is 4.74 Å². The average Bonchev–Trinajstić information content (AvgIpc) is 2.37. The Morgan fingerprint density at radius 1 is 1.68 bits per heavy atom. The van der Waals surface area contributed by atoms with E-state index in [2.05, 4.69) is 20.9 Å². The van der Waals surface area contributed by atoms with Gasteiger partial charge in [0.25, 0.3) is 5.69 Å². The largest absolute Gasteiger partial charge is 0.465 e. The number of pyridine rings is 1. The van der Waals surface area contributed by atoms with Crippen molar-refractivity contribution in [3.05, 3.63) is 32.5 Å². The third-order valence-corrected chi connectivity index (χ3v) is 3.08. The van der Waals surface area contributed by atoms with Crippen LogP contribution in [0.1, 0.15) is 19.4 Å². The second-order valence-corrected chi connectivity index (χ2v) is 4.58. The minimum absolute atomic E-state index is 0.0616. The number of nitrogens with zero attached hydrogens (tertiary/aromatic N) is 3. The van der Waals surface area contributed by atoms with Crippen molar-refractivity contribution in [3.63, 3.8) is 0 Å². The summed E-state index contributed by atoms with van der Waals surface area (Å²) in [5.41, 5.74) is -2.25. The zero-order valence-electron chi connectivity index (χ0n) is 10.2. The lowest BCUT2D eigenvalue weighted by molar-refractivity contribution is -0.386. The summed E-state index contributed by atoms with van der Waals surface area (Å²) < 4.78 is 5.02. The van der Waals surface area contributed by atoms with Crippen LogP contribution in [0.15, 0.2) is 16.9 Å². The Hall–Kier alpha value is -2.01. The Bertz CT molecular complexity index is 570. The quantitative estimate of drug-likeness (QED) is 0.476. The van der Waals surface area contributed by atoms with Gasteiger partial charge in [-0.1, -0.05) is 0 Å². The number of esters is 1. The Kier molecular flexibility index (Phi) is 4.56. The van der Waals surface area contributed by atoms with E-state index in [0.717, 1.165) is 6.20 Å². The number of aromatic nitrogens is 1. The minimum Gasteiger partial charge on any atom is -0.465 e. The van der Waals surface area contributed by atoms with Gasteiger partial charge in [0.05, 0.1) is 23.2 Å². The van der Waals surface area contributed by atoms with E-state index in [1.54, 1.807) is 13.0 Å². The van der Waals surface area contributed by atoms with Gasteiger partial charge in [-0.3, -0.25) is 15.1 Å². The first-order valence-corrected chi connectivity index (χ1v) is 6.04. The molecule has 0 saturated carbocycles. The number of carbonyl (C=O) groups excluding carboxylic acids is 1. The number of hydrogen-bond donors (Lipinski definition) is 0. The molecule has 100 valence electrons. The van der Waals surface area contributed by atoms with E-state index in [1.807, 2.05) is 0 Å². The van der Waals surface area contributed by atoms with Crippen molar-refractivity contribution in [3.8, 4) is 6.07 Å². The molecule has 8 heteroatoms. The van der Waals surface area contributed by atoms with Crippen molar-refractivity contribution in [2.45, 2.75) is 19.3 Å². The van der Waals surface area contributed by atoms with Gasteiger partial charge in [0, 0.05) is 10.7 Å². The molecule has 0 aliphatic carbocycles. The first-order chi connectivity index (χ1) is 8.88. The number of carbonyl (C=O) groups is 1. The maximum atomic E-state index is 11.9. The molecule has 0 aliphatic heterocycles. The van der Waals surface area contributed by atoms with E-state index >= 15 is 0 Å². The second kappa shape index (κ2) is 5.75. The molecule has 1 rings (SSSR count). The Morgan fingerprint density at radius 3 is 2.79 bits per heavy atom. The van der Waals surface area contributed by atoms with E-state index < -0.39 is 22.0 Å². The van der Waals surface area contributed by atoms with Crippen molar-refractivity contribution < 1.29 is 14.5 Å². The molecule has 0 saturated heterocycles. The van der Waals surface area contributed by atoms with E-state index in [1.165, 1.54) is 13.1 Å². The molecule has 7 nitrogen and oxygen atoms in total. The zero-order valence-corrected chi connectivity index (χ0v) is 11.8. The monoisotopic (exact) mass is 327 g/mol. The Balaban J connectivity index is 3.54. The summed E-state index contributed by atoms with van der Waals surface area (Å²) in [6.07, 6.45) is 2.28. The smallest absolute Gasteiger partial charge is 0.331 e. The highest BCUT2D eigenvalue weighted by molar-refractivity contribution is 9.10. The average molecular weight is 328 g/mol. The summed E-state index contributed by atoms with van der Waals surface area (Å²) in [5.74, 6) is -0.840. The SMILES string of the molecule is CCOC(=O)C(C)(C#N)c1c(Br)cncc1[N+](=O)[O-]. The van der Waals surface area contributed by atoms with Crippen LogP contribution in [0.4, 0.5) is 5.69 Å². The van der Waals surface area contributed by atoms with Crippen LogP contribution >= 0.6 is 15.9 Å². The van der Waals surface area contributed by atoms with Crippen LogP contribution in [0.3, 0.4) is 0 Å². The molecule has 0 aliphatic rings. The third-order valence-electron chi connectivity index (χ3n) is 2.48. The molecule has 0 aromatic carbocycles. The lowest BCUT2D eigenvalue weighted by Gasteiger charge is -2.20. The number of nitriles is 1. The summed E-state index contributed by atoms with van der Waals surface area (Å²) in [5, 5.41) is 20.3. The molecule has 1 atom stereocenters. The maximum absolute atomic E-state index is 11.9. The number of nitro groups is 1. The van der Waals surface area contributed by atoms with Gasteiger partial charge >= 0.3 is 5.97 Å². The molecule has 0 fully saturated rings. The third kappa shape index (κ3) is 2.71. The van der Waals surface area contributed by atoms with E-state index in [9.17, 15) is 20.2 Å². The molecule has 1 heterocycles. The van der Waals surface area contributed by atoms with Gasteiger partial charge in [-0.2, -0.15) is 5.26 Å². The fourth-order valence-corrected chi connectivity index (χ4v) is 2.26. The lowest BCUT2D eigenvalue weighted by atomic mass is 9.83. The fraction of sp³-hybridized carbons (Fsp3) is 0.364. The van der Waals surface area contributed by atoms with Gasteiger partial charge in [0.15, 0.2) is 5.41 Å². The maximum Gasteiger partial charge on any atom is 0.331 e. The van der Waals surface area contributed by atoms with Crippen LogP contribution in [0.5, 0.6) is 0 Å². The normalized spacial score (nSPS) is 13.2. The van der Waals surface area contributed by atoms with Gasteiger partial charge in [-0.25, -0.2) is 4.79 Å². The van der Waals surface area contributed by atoms with Crippen LogP contribution in [0, 0.1) is 21.4 Å². The van der Waals surface area contributed by atoms with E-state index in [0.29, 0.717) is 0 Å². The Labute approximate surface area is 117 Å². The van der Waals surface area contributed by atoms with E-state index in [-0.39, 0.29) is 16.6 Å². The highest BCUT2D eigenvalue weighted by atomic mass is 79.9. The standard InChI is InChI=1S/C11H10BrN3O4/c1-3-19-10(16)11(2,6-13)9-7(12)4-14-5-8(9)15(17)18/h4-5H,3H2,1-2H3. The highest BCUT2D eigenvalue weighted by Crippen LogP contribution is 2.37. The predicted molar refractivity (Wildman–Crippen MR) is 68.2 cm³/mol. The topological polar surface area (TPSA) is 106 Å². The Morgan fingerprint density at radius 2 is 2.32 bits per heavy atom. The fourth-order valence-electron chi connectivity index (χ4n) is 1.54. The van der Waals surface area contributed by atoms with Crippen molar-refractivity contribution >= 4 is 27.6 Å². The number of halogens is 1. The molecule has 1 aromatic heterocycles. The molecule has 0 spiro atoms. The molecule has 0 N–H and O–H groups in total. The lowest BCUT2D eigenvalue weighted by Crippen LogP contribution is -2.34. The van der Waals surface area contributed by atoms with Crippen molar-refractivity contribution in [1.82, 2.24) is 4.98 Å². The number of ether oxygens (including phenoxy) is 1. The summed E-state index contributed by atoms with van der Waals surface area (Å²) in [6, 6.07) is 1.78. The molecular formula is C11H10BrN3O4. The van der Waals surface area contributed by atoms with Crippen LogP contribution in [-0.4, -0.2) is 22.5 Å². The van der Waals surface area contributed by atoms with Crippen LogP contribution in [-0.2, 0) is 14.9 Å². The van der Waals surface area contributed by atoms with Gasteiger partial charge in [0.2, 0.25) is 0 Å². The highest BCUT2D eigenvalue weighted by Gasteiger charge is 2.44. The predicted octanol–water partition coefficient (Wildman–Crippen LogP) is 2.10. The number of hydrogen-bond acceptors (Lipinski definition) is 6. The molecular weight excluding hydrogens is 318 g/mol. The summed E-state index contributed by atoms with van der Waals surface area (Å²) in [6.45, 7) is 2.94. The van der Waals surface area contributed by atoms with Crippen molar-refractivity contribution in [2.75, 3.05) is 6.61 Å². The van der Waals surface area contributed by atoms with Crippen LogP contribution in [0.2, 0.25) is 0 Å². The molecule has 1 aromatic rings. The number of rotatable bonds is 4. The van der Waals surface area contributed by atoms with Crippen LogP contribution < -0.4 is 0 Å². The summed E-state index contributed by atoms with van der Waals surface area (Å²) >= 11 is 3.09. The molecule has 0 radical (unpaired) electrons. The van der Waals surface area contributed by atoms with E-state index in [4.69, 9.17) is 4.74 Å². The van der Waals surface area contributed by atoms with Gasteiger partial charge in [-0.05, 0) is 29.8 Å². The molecule has 0 bridgehead atoms. The second-order valence-electron chi connectivity index (χ2n) is 3.73. The molecule has 1 unspecified atom stereocenters. The van der Waals surface area contributed by atoms with Crippen LogP contribution in [0.25, 0.3) is 0 Å². The molecule has 0 amide bonds. The summed E-state index contributed by atoms with van der Waals surface area (Å²) in [7, 11) is 0. The van der Waals surface area contributed by atoms with Gasteiger partial charge in [0.1, 0.15) is 6.20 Å². The first kappa shape index (κ1) is 15.0. The van der Waals surface area contributed by atoms with Gasteiger partial charge in [-0.15, -0.1) is 0 Å². The van der Waals surface area contributed by atoms with Crippen molar-refractivity contribution in [2.24, 2.45) is 0 Å².